The molecule has 2 amide bonds. The Morgan fingerprint density at radius 3 is 2.60 bits per heavy atom. The van der Waals surface area contributed by atoms with Gasteiger partial charge in [0.25, 0.3) is 5.91 Å². The number of hydrogen-bond acceptors (Lipinski definition) is 6. The highest BCUT2D eigenvalue weighted by molar-refractivity contribution is 5.94. The highest BCUT2D eigenvalue weighted by Gasteiger charge is 2.30. The molecule has 0 radical (unpaired) electrons. The van der Waals surface area contributed by atoms with Gasteiger partial charge in [0.2, 0.25) is 0 Å². The third kappa shape index (κ3) is 4.93. The van der Waals surface area contributed by atoms with Gasteiger partial charge in [0.15, 0.2) is 12.0 Å². The van der Waals surface area contributed by atoms with E-state index < -0.39 is 11.9 Å². The van der Waals surface area contributed by atoms with Crippen molar-refractivity contribution in [2.24, 2.45) is 0 Å². The summed E-state index contributed by atoms with van der Waals surface area (Å²) in [4.78, 5) is 26.1. The van der Waals surface area contributed by atoms with Crippen molar-refractivity contribution in [3.05, 3.63) is 17.0 Å². The largest absolute Gasteiger partial charge is 0.444 e. The molecule has 1 aliphatic heterocycles. The summed E-state index contributed by atoms with van der Waals surface area (Å²) in [6.07, 6.45) is -0.352. The Hall–Kier alpha value is -2.13. The van der Waals surface area contributed by atoms with Crippen molar-refractivity contribution in [2.75, 3.05) is 27.3 Å². The molecule has 2 N–H and O–H groups in total. The molecule has 0 spiro atoms. The van der Waals surface area contributed by atoms with Gasteiger partial charge in [-0.25, -0.2) is 4.79 Å². The van der Waals surface area contributed by atoms with Crippen LogP contribution in [0.1, 0.15) is 42.5 Å². The number of nitrogens with one attached hydrogen (secondary N) is 2. The van der Waals surface area contributed by atoms with Crippen LogP contribution in [0.5, 0.6) is 0 Å². The molecule has 140 valence electrons. The second-order valence-electron chi connectivity index (χ2n) is 6.79. The highest BCUT2D eigenvalue weighted by Crippen LogP contribution is 2.22. The van der Waals surface area contributed by atoms with Crippen molar-refractivity contribution in [3.63, 3.8) is 0 Å². The number of hydrogen-bond donors (Lipinski definition) is 2. The first kappa shape index (κ1) is 19.2. The topological polar surface area (TPSA) is 106 Å². The molecule has 25 heavy (non-hydrogen) atoms. The summed E-state index contributed by atoms with van der Waals surface area (Å²) in [5.41, 5.74) is 1.36. The molecular formula is C16H26N4O5. The standard InChI is InChI=1S/C16H26N4O5/c1-16(2,3)25-15(22)20-7-6-10-11(9-20)18-19-13(10)14(21)17-8-12(23-4)24-5/h12H,6-9H2,1-5H3,(H,17,21)(H,18,19). The lowest BCUT2D eigenvalue weighted by Crippen LogP contribution is -2.40. The molecule has 9 nitrogen and oxygen atoms in total. The van der Waals surface area contributed by atoms with Gasteiger partial charge in [0.05, 0.1) is 18.8 Å². The Morgan fingerprint density at radius 2 is 2.00 bits per heavy atom. The Labute approximate surface area is 147 Å². The summed E-state index contributed by atoms with van der Waals surface area (Å²) in [6.45, 7) is 6.51. The number of H-pyrrole nitrogens is 1. The number of methoxy groups -OCH3 is 2. The van der Waals surface area contributed by atoms with Crippen molar-refractivity contribution in [2.45, 2.75) is 45.6 Å². The molecule has 2 rings (SSSR count). The Balaban J connectivity index is 2.00. The van der Waals surface area contributed by atoms with Crippen LogP contribution in [0.4, 0.5) is 4.79 Å². The van der Waals surface area contributed by atoms with Crippen molar-refractivity contribution in [1.29, 1.82) is 0 Å². The third-order valence-corrected chi connectivity index (χ3v) is 3.76. The summed E-state index contributed by atoms with van der Waals surface area (Å²) >= 11 is 0. The summed E-state index contributed by atoms with van der Waals surface area (Å²) in [6, 6.07) is 0. The van der Waals surface area contributed by atoms with Gasteiger partial charge in [0.1, 0.15) is 5.60 Å². The average Bonchev–Trinajstić information content (AvgIpc) is 2.97. The number of amides is 2. The monoisotopic (exact) mass is 354 g/mol. The fourth-order valence-electron chi connectivity index (χ4n) is 2.51. The van der Waals surface area contributed by atoms with Gasteiger partial charge in [0, 0.05) is 26.3 Å². The fraction of sp³-hybridized carbons (Fsp3) is 0.688. The van der Waals surface area contributed by atoms with E-state index in [2.05, 4.69) is 15.5 Å². The molecule has 9 heteroatoms. The minimum atomic E-state index is -0.546. The van der Waals surface area contributed by atoms with E-state index in [0.29, 0.717) is 25.2 Å². The Bertz CT molecular complexity index is 619. The fourth-order valence-corrected chi connectivity index (χ4v) is 2.51. The minimum Gasteiger partial charge on any atom is -0.444 e. The van der Waals surface area contributed by atoms with Crippen molar-refractivity contribution in [1.82, 2.24) is 20.4 Å². The molecule has 1 aromatic heterocycles. The first-order chi connectivity index (χ1) is 11.7. The number of rotatable bonds is 5. The molecule has 0 fully saturated rings. The minimum absolute atomic E-state index is 0.220. The summed E-state index contributed by atoms with van der Waals surface area (Å²) in [7, 11) is 3.00. The number of carbonyl (C=O) groups excluding carboxylic acids is 2. The summed E-state index contributed by atoms with van der Waals surface area (Å²) in [5.74, 6) is -0.303. The van der Waals surface area contributed by atoms with Gasteiger partial charge >= 0.3 is 6.09 Å². The number of ether oxygens (including phenoxy) is 3. The van der Waals surface area contributed by atoms with Gasteiger partial charge in [-0.1, -0.05) is 0 Å². The predicted molar refractivity (Wildman–Crippen MR) is 89.1 cm³/mol. The van der Waals surface area contributed by atoms with Crippen LogP contribution in [0, 0.1) is 0 Å². The smallest absolute Gasteiger partial charge is 0.410 e. The van der Waals surface area contributed by atoms with Crippen molar-refractivity contribution >= 4 is 12.0 Å². The predicted octanol–water partition coefficient (Wildman–Crippen LogP) is 1.05. The molecular weight excluding hydrogens is 328 g/mol. The lowest BCUT2D eigenvalue weighted by Gasteiger charge is -2.29. The molecule has 0 aliphatic carbocycles. The van der Waals surface area contributed by atoms with Crippen LogP contribution in [-0.2, 0) is 27.2 Å². The Morgan fingerprint density at radius 1 is 1.32 bits per heavy atom. The van der Waals surface area contributed by atoms with Gasteiger partial charge < -0.3 is 24.4 Å². The maximum absolute atomic E-state index is 12.3. The quantitative estimate of drug-likeness (QED) is 0.766. The number of nitrogens with zero attached hydrogens (tertiary/aromatic N) is 2. The zero-order valence-corrected chi connectivity index (χ0v) is 15.3. The van der Waals surface area contributed by atoms with Gasteiger partial charge in [-0.05, 0) is 27.2 Å². The summed E-state index contributed by atoms with van der Waals surface area (Å²) in [5, 5.41) is 9.67. The van der Waals surface area contributed by atoms with E-state index in [0.717, 1.165) is 11.3 Å². The van der Waals surface area contributed by atoms with E-state index in [9.17, 15) is 9.59 Å². The molecule has 0 unspecified atom stereocenters. The number of aromatic amines is 1. The normalized spacial score (nSPS) is 14.4. The number of aromatic nitrogens is 2. The van der Waals surface area contributed by atoms with Crippen LogP contribution in [0.2, 0.25) is 0 Å². The molecule has 1 aliphatic rings. The van der Waals surface area contributed by atoms with E-state index >= 15 is 0 Å². The van der Waals surface area contributed by atoms with Crippen LogP contribution >= 0.6 is 0 Å². The lowest BCUT2D eigenvalue weighted by molar-refractivity contribution is -0.0974. The molecule has 0 bridgehead atoms. The van der Waals surface area contributed by atoms with E-state index in [4.69, 9.17) is 14.2 Å². The van der Waals surface area contributed by atoms with E-state index in [1.54, 1.807) is 4.90 Å². The van der Waals surface area contributed by atoms with Crippen molar-refractivity contribution < 1.29 is 23.8 Å². The highest BCUT2D eigenvalue weighted by atomic mass is 16.7. The molecule has 0 saturated heterocycles. The number of fused-ring (bicyclic) bond motifs is 1. The van der Waals surface area contributed by atoms with Crippen molar-refractivity contribution in [3.8, 4) is 0 Å². The van der Waals surface area contributed by atoms with Gasteiger partial charge in [-0.15, -0.1) is 0 Å². The van der Waals surface area contributed by atoms with Gasteiger partial charge in [-0.2, -0.15) is 5.10 Å². The Kier molecular flexibility index (Phi) is 6.02. The first-order valence-electron chi connectivity index (χ1n) is 8.13. The van der Waals surface area contributed by atoms with Gasteiger partial charge in [-0.3, -0.25) is 9.89 Å². The summed E-state index contributed by atoms with van der Waals surface area (Å²) < 4.78 is 15.5. The van der Waals surface area contributed by atoms with E-state index in [-0.39, 0.29) is 18.5 Å². The SMILES string of the molecule is COC(CNC(=O)c1n[nH]c2c1CCN(C(=O)OC(C)(C)C)C2)OC. The lowest BCUT2D eigenvalue weighted by atomic mass is 10.0. The zero-order valence-electron chi connectivity index (χ0n) is 15.3. The van der Waals surface area contributed by atoms with Crippen LogP contribution in [0.15, 0.2) is 0 Å². The van der Waals surface area contributed by atoms with Crippen LogP contribution in [0.3, 0.4) is 0 Å². The van der Waals surface area contributed by atoms with Crippen LogP contribution in [0.25, 0.3) is 0 Å². The second-order valence-corrected chi connectivity index (χ2v) is 6.79. The molecule has 2 heterocycles. The number of carbonyl (C=O) groups is 2. The molecule has 0 atom stereocenters. The van der Waals surface area contributed by atoms with E-state index in [1.807, 2.05) is 20.8 Å². The van der Waals surface area contributed by atoms with Crippen LogP contribution < -0.4 is 5.32 Å². The average molecular weight is 354 g/mol. The second kappa shape index (κ2) is 7.83. The zero-order chi connectivity index (χ0) is 18.6. The third-order valence-electron chi connectivity index (χ3n) is 3.76. The molecule has 0 saturated carbocycles. The maximum Gasteiger partial charge on any atom is 0.410 e. The van der Waals surface area contributed by atoms with E-state index in [1.165, 1.54) is 14.2 Å². The van der Waals surface area contributed by atoms with Crippen LogP contribution in [-0.4, -0.2) is 66.3 Å². The first-order valence-corrected chi connectivity index (χ1v) is 8.13. The maximum atomic E-state index is 12.3. The molecule has 1 aromatic rings. The molecule has 0 aromatic carbocycles.